The van der Waals surface area contributed by atoms with E-state index in [4.69, 9.17) is 17.3 Å². The normalized spacial score (nSPS) is 13.0. The molecule has 2 rings (SSSR count). The molecule has 0 radical (unpaired) electrons. The summed E-state index contributed by atoms with van der Waals surface area (Å²) in [5.41, 5.74) is 8.67. The highest BCUT2D eigenvalue weighted by atomic mass is 35.5. The molecule has 150 valence electrons. The molecule has 0 aliphatic heterocycles. The monoisotopic (exact) mass is 402 g/mol. The van der Waals surface area contributed by atoms with Crippen LogP contribution in [-0.2, 0) is 29.0 Å². The number of aliphatic hydroxyl groups excluding tert-OH is 1. The maximum Gasteiger partial charge on any atom is 0.237 e. The molecule has 0 aromatic heterocycles. The minimum absolute atomic E-state index is 0.0903. The van der Waals surface area contributed by atoms with E-state index in [0.717, 1.165) is 16.7 Å². The molecule has 0 aliphatic carbocycles. The molecule has 0 saturated carbocycles. The summed E-state index contributed by atoms with van der Waals surface area (Å²) >= 11 is 5.99. The molecular formula is C22H27ClN2O3. The van der Waals surface area contributed by atoms with Crippen molar-refractivity contribution < 1.29 is 14.7 Å². The van der Waals surface area contributed by atoms with Crippen molar-refractivity contribution >= 4 is 23.3 Å². The number of aliphatic hydroxyl groups is 1. The van der Waals surface area contributed by atoms with Crippen LogP contribution in [0.15, 0.2) is 48.5 Å². The standard InChI is InChI=1S/C22H27ClN2O3/c1-15(21(27)12-9-17-13-19(23)10-8-18(17)14-26)25-22(28)20(24)11-7-16-5-3-2-4-6-16/h2-6,8,10,13,15,20,26H,7,9,11-12,14,24H2,1H3,(H,25,28)/t15-,20+/m0/s1. The lowest BCUT2D eigenvalue weighted by Gasteiger charge is -2.17. The minimum Gasteiger partial charge on any atom is -0.392 e. The third-order valence-electron chi connectivity index (χ3n) is 4.74. The molecule has 0 unspecified atom stereocenters. The number of ketones is 1. The van der Waals surface area contributed by atoms with E-state index in [1.807, 2.05) is 30.3 Å². The first-order chi connectivity index (χ1) is 13.4. The van der Waals surface area contributed by atoms with Crippen LogP contribution in [0.25, 0.3) is 0 Å². The molecule has 5 nitrogen and oxygen atoms in total. The average molecular weight is 403 g/mol. The summed E-state index contributed by atoms with van der Waals surface area (Å²) in [6.07, 6.45) is 1.92. The fraction of sp³-hybridized carbons (Fsp3) is 0.364. The van der Waals surface area contributed by atoms with E-state index in [0.29, 0.717) is 24.3 Å². The fourth-order valence-electron chi connectivity index (χ4n) is 2.95. The predicted octanol–water partition coefficient (Wildman–Crippen LogP) is 2.80. The molecule has 0 saturated heterocycles. The van der Waals surface area contributed by atoms with Crippen LogP contribution in [0.3, 0.4) is 0 Å². The van der Waals surface area contributed by atoms with E-state index in [1.54, 1.807) is 25.1 Å². The lowest BCUT2D eigenvalue weighted by molar-refractivity contribution is -0.128. The van der Waals surface area contributed by atoms with Crippen LogP contribution < -0.4 is 11.1 Å². The topological polar surface area (TPSA) is 92.4 Å². The quantitative estimate of drug-likeness (QED) is 0.569. The first kappa shape index (κ1) is 22.1. The molecular weight excluding hydrogens is 376 g/mol. The van der Waals surface area contributed by atoms with Crippen LogP contribution in [0, 0.1) is 0 Å². The number of nitrogens with two attached hydrogens (primary N) is 1. The molecule has 28 heavy (non-hydrogen) atoms. The smallest absolute Gasteiger partial charge is 0.237 e. The fourth-order valence-corrected chi connectivity index (χ4v) is 3.15. The Kier molecular flexibility index (Phi) is 8.64. The SMILES string of the molecule is C[C@H](NC(=O)[C@H](N)CCc1ccccc1)C(=O)CCc1cc(Cl)ccc1CO. The second kappa shape index (κ2) is 11.0. The Balaban J connectivity index is 1.81. The van der Waals surface area contributed by atoms with Crippen LogP contribution in [0.5, 0.6) is 0 Å². The zero-order chi connectivity index (χ0) is 20.5. The number of benzene rings is 2. The second-order valence-corrected chi connectivity index (χ2v) is 7.33. The molecule has 0 fully saturated rings. The first-order valence-electron chi connectivity index (χ1n) is 9.41. The molecule has 2 atom stereocenters. The number of hydrogen-bond acceptors (Lipinski definition) is 4. The molecule has 1 amide bonds. The van der Waals surface area contributed by atoms with Gasteiger partial charge >= 0.3 is 0 Å². The minimum atomic E-state index is -0.663. The van der Waals surface area contributed by atoms with Crippen molar-refractivity contribution in [3.63, 3.8) is 0 Å². The number of Topliss-reactive ketones (excluding diaryl/α,β-unsaturated/α-hetero) is 1. The lowest BCUT2D eigenvalue weighted by Crippen LogP contribution is -2.47. The van der Waals surface area contributed by atoms with E-state index in [9.17, 15) is 14.7 Å². The molecule has 2 aromatic rings. The molecule has 6 heteroatoms. The first-order valence-corrected chi connectivity index (χ1v) is 9.79. The van der Waals surface area contributed by atoms with Gasteiger partial charge in [-0.2, -0.15) is 0 Å². The molecule has 0 heterocycles. The van der Waals surface area contributed by atoms with E-state index in [-0.39, 0.29) is 24.7 Å². The number of halogens is 1. The molecule has 0 spiro atoms. The van der Waals surface area contributed by atoms with Crippen molar-refractivity contribution in [1.82, 2.24) is 5.32 Å². The van der Waals surface area contributed by atoms with Crippen molar-refractivity contribution in [3.8, 4) is 0 Å². The van der Waals surface area contributed by atoms with Gasteiger partial charge in [0.05, 0.1) is 18.7 Å². The second-order valence-electron chi connectivity index (χ2n) is 6.90. The lowest BCUT2D eigenvalue weighted by atomic mass is 9.99. The summed E-state index contributed by atoms with van der Waals surface area (Å²) in [6.45, 7) is 1.55. The average Bonchev–Trinajstić information content (AvgIpc) is 2.70. The summed E-state index contributed by atoms with van der Waals surface area (Å²) in [7, 11) is 0. The Bertz CT molecular complexity index is 796. The van der Waals surface area contributed by atoms with Gasteiger partial charge in [0.25, 0.3) is 0 Å². The van der Waals surface area contributed by atoms with Gasteiger partial charge in [0.2, 0.25) is 5.91 Å². The maximum atomic E-state index is 12.4. The van der Waals surface area contributed by atoms with E-state index in [2.05, 4.69) is 5.32 Å². The Morgan fingerprint density at radius 1 is 1.11 bits per heavy atom. The van der Waals surface area contributed by atoms with E-state index >= 15 is 0 Å². The molecule has 0 bridgehead atoms. The Morgan fingerprint density at radius 3 is 2.50 bits per heavy atom. The zero-order valence-electron chi connectivity index (χ0n) is 16.0. The van der Waals surface area contributed by atoms with Gasteiger partial charge in [-0.25, -0.2) is 0 Å². The Morgan fingerprint density at radius 2 is 1.82 bits per heavy atom. The summed E-state index contributed by atoms with van der Waals surface area (Å²) in [5, 5.41) is 12.7. The van der Waals surface area contributed by atoms with Gasteiger partial charge in [-0.3, -0.25) is 9.59 Å². The Labute approximate surface area is 170 Å². The number of nitrogens with one attached hydrogen (secondary N) is 1. The van der Waals surface area contributed by atoms with Crippen molar-refractivity contribution in [2.24, 2.45) is 5.73 Å². The molecule has 2 aromatic carbocycles. The number of amides is 1. The van der Waals surface area contributed by atoms with Gasteiger partial charge < -0.3 is 16.2 Å². The highest BCUT2D eigenvalue weighted by Gasteiger charge is 2.20. The molecule has 4 N–H and O–H groups in total. The summed E-state index contributed by atoms with van der Waals surface area (Å²) in [4.78, 5) is 24.6. The number of carbonyl (C=O) groups excluding carboxylic acids is 2. The number of hydrogen-bond donors (Lipinski definition) is 3. The highest BCUT2D eigenvalue weighted by molar-refractivity contribution is 6.30. The van der Waals surface area contributed by atoms with Crippen LogP contribution in [0.4, 0.5) is 0 Å². The zero-order valence-corrected chi connectivity index (χ0v) is 16.8. The summed E-state index contributed by atoms with van der Waals surface area (Å²) < 4.78 is 0. The van der Waals surface area contributed by atoms with Crippen molar-refractivity contribution in [3.05, 3.63) is 70.2 Å². The summed E-state index contributed by atoms with van der Waals surface area (Å²) in [5.74, 6) is -0.414. The van der Waals surface area contributed by atoms with Crippen molar-refractivity contribution in [2.45, 2.75) is 51.3 Å². The van der Waals surface area contributed by atoms with Crippen LogP contribution >= 0.6 is 11.6 Å². The highest BCUT2D eigenvalue weighted by Crippen LogP contribution is 2.18. The van der Waals surface area contributed by atoms with Gasteiger partial charge in [-0.05, 0) is 55.0 Å². The largest absolute Gasteiger partial charge is 0.392 e. The maximum absolute atomic E-state index is 12.4. The van der Waals surface area contributed by atoms with Crippen molar-refractivity contribution in [1.29, 1.82) is 0 Å². The van der Waals surface area contributed by atoms with Gasteiger partial charge in [-0.15, -0.1) is 0 Å². The third kappa shape index (κ3) is 6.75. The molecule has 0 aliphatic rings. The van der Waals surface area contributed by atoms with Crippen LogP contribution in [0.2, 0.25) is 5.02 Å². The number of carbonyl (C=O) groups is 2. The van der Waals surface area contributed by atoms with Gasteiger partial charge in [0.15, 0.2) is 5.78 Å². The van der Waals surface area contributed by atoms with E-state index < -0.39 is 12.1 Å². The van der Waals surface area contributed by atoms with Gasteiger partial charge in [0, 0.05) is 11.4 Å². The summed E-state index contributed by atoms with van der Waals surface area (Å²) in [6, 6.07) is 13.8. The van der Waals surface area contributed by atoms with Gasteiger partial charge in [-0.1, -0.05) is 48.0 Å². The number of rotatable bonds is 10. The van der Waals surface area contributed by atoms with E-state index in [1.165, 1.54) is 0 Å². The number of aryl methyl sites for hydroxylation is 2. The van der Waals surface area contributed by atoms with Crippen LogP contribution in [0.1, 0.15) is 36.5 Å². The van der Waals surface area contributed by atoms with Crippen LogP contribution in [-0.4, -0.2) is 28.9 Å². The van der Waals surface area contributed by atoms with Crippen molar-refractivity contribution in [2.75, 3.05) is 0 Å². The third-order valence-corrected chi connectivity index (χ3v) is 4.98. The Hall–Kier alpha value is -2.21. The van der Waals surface area contributed by atoms with Gasteiger partial charge in [0.1, 0.15) is 0 Å². The predicted molar refractivity (Wildman–Crippen MR) is 111 cm³/mol.